The van der Waals surface area contributed by atoms with Crippen molar-refractivity contribution in [1.29, 1.82) is 0 Å². The van der Waals surface area contributed by atoms with Crippen LogP contribution < -0.4 is 11.1 Å². The SMILES string of the molecule is NCC(NC1CCCC1)c1cc(Cl)ccc1Cl. The first-order valence-corrected chi connectivity index (χ1v) is 6.87. The van der Waals surface area contributed by atoms with Crippen molar-refractivity contribution >= 4 is 23.2 Å². The van der Waals surface area contributed by atoms with Crippen LogP contribution in [0.2, 0.25) is 10.0 Å². The number of halogens is 2. The van der Waals surface area contributed by atoms with Crippen molar-refractivity contribution in [1.82, 2.24) is 5.32 Å². The molecule has 0 spiro atoms. The van der Waals surface area contributed by atoms with Gasteiger partial charge in [-0.1, -0.05) is 36.0 Å². The number of hydrogen-bond acceptors (Lipinski definition) is 2. The standard InChI is InChI=1S/C13H18Cl2N2/c14-9-5-6-12(15)11(7-9)13(8-16)17-10-3-1-2-4-10/h5-7,10,13,17H,1-4,8,16H2. The maximum absolute atomic E-state index is 6.20. The summed E-state index contributed by atoms with van der Waals surface area (Å²) in [6, 6.07) is 6.21. The van der Waals surface area contributed by atoms with Gasteiger partial charge in [-0.3, -0.25) is 0 Å². The second-order valence-corrected chi connectivity index (χ2v) is 5.45. The van der Waals surface area contributed by atoms with Crippen LogP contribution in [0, 0.1) is 0 Å². The summed E-state index contributed by atoms with van der Waals surface area (Å²) in [5.41, 5.74) is 6.85. The van der Waals surface area contributed by atoms with Gasteiger partial charge in [0.05, 0.1) is 0 Å². The fourth-order valence-electron chi connectivity index (χ4n) is 2.44. The number of benzene rings is 1. The van der Waals surface area contributed by atoms with Gasteiger partial charge in [0.25, 0.3) is 0 Å². The fourth-order valence-corrected chi connectivity index (χ4v) is 2.87. The van der Waals surface area contributed by atoms with E-state index in [0.29, 0.717) is 17.6 Å². The lowest BCUT2D eigenvalue weighted by atomic mass is 10.1. The quantitative estimate of drug-likeness (QED) is 0.880. The molecule has 0 heterocycles. The lowest BCUT2D eigenvalue weighted by Crippen LogP contribution is -2.35. The number of nitrogens with two attached hydrogens (primary N) is 1. The molecule has 1 fully saturated rings. The average Bonchev–Trinajstić information content (AvgIpc) is 2.82. The Morgan fingerprint density at radius 2 is 2.00 bits per heavy atom. The zero-order valence-corrected chi connectivity index (χ0v) is 11.3. The third-order valence-corrected chi connectivity index (χ3v) is 3.94. The molecule has 0 amide bonds. The number of hydrogen-bond donors (Lipinski definition) is 2. The molecule has 1 atom stereocenters. The van der Waals surface area contributed by atoms with Crippen LogP contribution in [0.25, 0.3) is 0 Å². The minimum Gasteiger partial charge on any atom is -0.329 e. The van der Waals surface area contributed by atoms with E-state index in [1.54, 1.807) is 6.07 Å². The molecular weight excluding hydrogens is 255 g/mol. The monoisotopic (exact) mass is 272 g/mol. The summed E-state index contributed by atoms with van der Waals surface area (Å²) in [4.78, 5) is 0. The Hall–Kier alpha value is -0.280. The van der Waals surface area contributed by atoms with E-state index >= 15 is 0 Å². The second-order valence-electron chi connectivity index (χ2n) is 4.60. The van der Waals surface area contributed by atoms with Crippen LogP contribution in [0.5, 0.6) is 0 Å². The van der Waals surface area contributed by atoms with E-state index in [0.717, 1.165) is 10.6 Å². The summed E-state index contributed by atoms with van der Waals surface area (Å²) in [7, 11) is 0. The molecule has 1 saturated carbocycles. The van der Waals surface area contributed by atoms with E-state index in [1.807, 2.05) is 12.1 Å². The van der Waals surface area contributed by atoms with Gasteiger partial charge in [-0.05, 0) is 36.6 Å². The molecule has 0 radical (unpaired) electrons. The normalized spacial score (nSPS) is 18.5. The number of nitrogens with one attached hydrogen (secondary N) is 1. The van der Waals surface area contributed by atoms with E-state index in [9.17, 15) is 0 Å². The van der Waals surface area contributed by atoms with Crippen LogP contribution in [-0.4, -0.2) is 12.6 Å². The molecule has 0 bridgehead atoms. The lowest BCUT2D eigenvalue weighted by Gasteiger charge is -2.23. The van der Waals surface area contributed by atoms with Crippen molar-refractivity contribution in [3.05, 3.63) is 33.8 Å². The van der Waals surface area contributed by atoms with Crippen molar-refractivity contribution in [2.24, 2.45) is 5.73 Å². The minimum atomic E-state index is 0.101. The van der Waals surface area contributed by atoms with Gasteiger partial charge in [0.15, 0.2) is 0 Å². The molecule has 0 aromatic heterocycles. The molecule has 1 aromatic carbocycles. The molecule has 0 aliphatic heterocycles. The van der Waals surface area contributed by atoms with Crippen LogP contribution in [0.4, 0.5) is 0 Å². The molecular formula is C13H18Cl2N2. The second kappa shape index (κ2) is 6.05. The third-order valence-electron chi connectivity index (χ3n) is 3.36. The van der Waals surface area contributed by atoms with Crippen molar-refractivity contribution < 1.29 is 0 Å². The molecule has 0 saturated heterocycles. The van der Waals surface area contributed by atoms with E-state index in [4.69, 9.17) is 28.9 Å². The van der Waals surface area contributed by atoms with E-state index in [2.05, 4.69) is 5.32 Å². The predicted molar refractivity (Wildman–Crippen MR) is 73.6 cm³/mol. The van der Waals surface area contributed by atoms with Crippen LogP contribution in [0.1, 0.15) is 37.3 Å². The molecule has 1 aromatic rings. The highest BCUT2D eigenvalue weighted by atomic mass is 35.5. The van der Waals surface area contributed by atoms with Gasteiger partial charge in [-0.2, -0.15) is 0 Å². The fraction of sp³-hybridized carbons (Fsp3) is 0.538. The Balaban J connectivity index is 2.13. The van der Waals surface area contributed by atoms with Gasteiger partial charge in [0.1, 0.15) is 0 Å². The molecule has 1 aliphatic rings. The molecule has 1 aliphatic carbocycles. The van der Waals surface area contributed by atoms with Crippen molar-refractivity contribution in [3.8, 4) is 0 Å². The predicted octanol–water partition coefficient (Wildman–Crippen LogP) is 3.53. The molecule has 2 nitrogen and oxygen atoms in total. The first-order chi connectivity index (χ1) is 8.20. The molecule has 4 heteroatoms. The highest BCUT2D eigenvalue weighted by Gasteiger charge is 2.20. The van der Waals surface area contributed by atoms with Crippen LogP contribution in [0.15, 0.2) is 18.2 Å². The summed E-state index contributed by atoms with van der Waals surface area (Å²) in [6.07, 6.45) is 5.07. The molecule has 2 rings (SSSR count). The van der Waals surface area contributed by atoms with Crippen molar-refractivity contribution in [2.45, 2.75) is 37.8 Å². The summed E-state index contributed by atoms with van der Waals surface area (Å²) >= 11 is 12.2. The van der Waals surface area contributed by atoms with E-state index < -0.39 is 0 Å². The molecule has 3 N–H and O–H groups in total. The topological polar surface area (TPSA) is 38.0 Å². The van der Waals surface area contributed by atoms with Gasteiger partial charge in [-0.15, -0.1) is 0 Å². The highest BCUT2D eigenvalue weighted by Crippen LogP contribution is 2.28. The van der Waals surface area contributed by atoms with Crippen molar-refractivity contribution in [3.63, 3.8) is 0 Å². The largest absolute Gasteiger partial charge is 0.329 e. The molecule has 17 heavy (non-hydrogen) atoms. The van der Waals surface area contributed by atoms with Gasteiger partial charge in [0, 0.05) is 28.7 Å². The highest BCUT2D eigenvalue weighted by molar-refractivity contribution is 6.33. The van der Waals surface area contributed by atoms with Crippen molar-refractivity contribution in [2.75, 3.05) is 6.54 Å². The maximum Gasteiger partial charge on any atom is 0.0462 e. The first-order valence-electron chi connectivity index (χ1n) is 6.12. The minimum absolute atomic E-state index is 0.101. The zero-order chi connectivity index (χ0) is 12.3. The van der Waals surface area contributed by atoms with E-state index in [-0.39, 0.29) is 6.04 Å². The summed E-state index contributed by atoms with van der Waals surface area (Å²) < 4.78 is 0. The van der Waals surface area contributed by atoms with Gasteiger partial charge < -0.3 is 11.1 Å². The van der Waals surface area contributed by atoms with E-state index in [1.165, 1.54) is 25.7 Å². The van der Waals surface area contributed by atoms with Crippen LogP contribution >= 0.6 is 23.2 Å². The zero-order valence-electron chi connectivity index (χ0n) is 9.76. The van der Waals surface area contributed by atoms with Gasteiger partial charge in [0.2, 0.25) is 0 Å². The Bertz CT molecular complexity index is 376. The van der Waals surface area contributed by atoms with Gasteiger partial charge in [-0.25, -0.2) is 0 Å². The Morgan fingerprint density at radius 1 is 1.29 bits per heavy atom. The first kappa shape index (κ1) is 13.2. The Morgan fingerprint density at radius 3 is 2.65 bits per heavy atom. The molecule has 1 unspecified atom stereocenters. The lowest BCUT2D eigenvalue weighted by molar-refractivity contribution is 0.444. The third kappa shape index (κ3) is 3.35. The smallest absolute Gasteiger partial charge is 0.0462 e. The number of rotatable bonds is 4. The average molecular weight is 273 g/mol. The molecule has 94 valence electrons. The van der Waals surface area contributed by atoms with Crippen LogP contribution in [0.3, 0.4) is 0 Å². The van der Waals surface area contributed by atoms with Crippen LogP contribution in [-0.2, 0) is 0 Å². The maximum atomic E-state index is 6.20. The Kier molecular flexibility index (Phi) is 4.69. The summed E-state index contributed by atoms with van der Waals surface area (Å²) in [6.45, 7) is 0.538. The summed E-state index contributed by atoms with van der Waals surface area (Å²) in [5, 5.41) is 5.02. The summed E-state index contributed by atoms with van der Waals surface area (Å²) in [5.74, 6) is 0. The van der Waals surface area contributed by atoms with Gasteiger partial charge >= 0.3 is 0 Å². The Labute approximate surface area is 112 Å².